The van der Waals surface area contributed by atoms with E-state index < -0.39 is 16.1 Å². The fraction of sp³-hybridized carbons (Fsp3) is 0.562. The highest BCUT2D eigenvalue weighted by atomic mass is 32.2. The van der Waals surface area contributed by atoms with Gasteiger partial charge in [0.25, 0.3) is 0 Å². The van der Waals surface area contributed by atoms with Crippen molar-refractivity contribution in [3.05, 3.63) is 35.9 Å². The highest BCUT2D eigenvalue weighted by Gasteiger charge is 2.46. The van der Waals surface area contributed by atoms with E-state index in [2.05, 4.69) is 0 Å². The van der Waals surface area contributed by atoms with E-state index in [9.17, 15) is 13.2 Å². The summed E-state index contributed by atoms with van der Waals surface area (Å²) < 4.78 is 31.1. The lowest BCUT2D eigenvalue weighted by molar-refractivity contribution is 0.0777. The molecule has 1 aromatic rings. The molecule has 126 valence electrons. The molecule has 0 N–H and O–H groups in total. The van der Waals surface area contributed by atoms with E-state index in [1.165, 1.54) is 7.11 Å². The van der Waals surface area contributed by atoms with Crippen LogP contribution >= 0.6 is 0 Å². The van der Waals surface area contributed by atoms with Crippen LogP contribution in [0.5, 0.6) is 0 Å². The number of sulfonamides is 1. The summed E-state index contributed by atoms with van der Waals surface area (Å²) in [7, 11) is -1.83. The van der Waals surface area contributed by atoms with Crippen LogP contribution in [0.4, 0.5) is 4.79 Å². The number of hydrogen-bond donors (Lipinski definition) is 0. The van der Waals surface area contributed by atoms with E-state index in [1.807, 2.05) is 30.3 Å². The van der Waals surface area contributed by atoms with Crippen molar-refractivity contribution < 1.29 is 17.9 Å². The fourth-order valence-corrected chi connectivity index (χ4v) is 5.15. The molecule has 1 aliphatic heterocycles. The predicted octanol–water partition coefficient (Wildman–Crippen LogP) is 1.82. The number of carbonyl (C=O) groups excluding carboxylic acids is 1. The van der Waals surface area contributed by atoms with Gasteiger partial charge < -0.3 is 9.64 Å². The molecule has 0 spiro atoms. The number of hydrogen-bond acceptors (Lipinski definition) is 4. The molecule has 0 unspecified atom stereocenters. The van der Waals surface area contributed by atoms with E-state index in [0.29, 0.717) is 32.5 Å². The highest BCUT2D eigenvalue weighted by molar-refractivity contribution is 7.89. The van der Waals surface area contributed by atoms with Crippen molar-refractivity contribution in [1.29, 1.82) is 0 Å². The molecule has 1 saturated carbocycles. The van der Waals surface area contributed by atoms with E-state index in [1.54, 1.807) is 9.21 Å². The van der Waals surface area contributed by atoms with Gasteiger partial charge in [-0.15, -0.1) is 0 Å². The van der Waals surface area contributed by atoms with Crippen LogP contribution in [0.1, 0.15) is 24.8 Å². The van der Waals surface area contributed by atoms with Gasteiger partial charge in [-0.25, -0.2) is 17.5 Å². The quantitative estimate of drug-likeness (QED) is 0.821. The second kappa shape index (κ2) is 6.49. The zero-order chi connectivity index (χ0) is 16.4. The highest BCUT2D eigenvalue weighted by Crippen LogP contribution is 2.35. The molecule has 1 amide bonds. The molecule has 23 heavy (non-hydrogen) atoms. The topological polar surface area (TPSA) is 66.9 Å². The van der Waals surface area contributed by atoms with E-state index >= 15 is 0 Å². The van der Waals surface area contributed by atoms with Gasteiger partial charge in [0.15, 0.2) is 0 Å². The fourth-order valence-electron chi connectivity index (χ4n) is 3.03. The van der Waals surface area contributed by atoms with Gasteiger partial charge in [0, 0.05) is 25.7 Å². The van der Waals surface area contributed by atoms with E-state index in [-0.39, 0.29) is 11.3 Å². The Hall–Kier alpha value is -1.60. The average molecular weight is 338 g/mol. The summed E-state index contributed by atoms with van der Waals surface area (Å²) in [6, 6.07) is 9.58. The molecule has 2 aliphatic rings. The Morgan fingerprint density at radius 3 is 2.43 bits per heavy atom. The number of nitrogens with zero attached hydrogens (tertiary/aromatic N) is 2. The van der Waals surface area contributed by atoms with Crippen LogP contribution in [0, 0.1) is 0 Å². The first-order chi connectivity index (χ1) is 11.0. The minimum absolute atomic E-state index is 0.0799. The Morgan fingerprint density at radius 1 is 1.26 bits per heavy atom. The van der Waals surface area contributed by atoms with Gasteiger partial charge in [-0.2, -0.15) is 0 Å². The molecule has 1 aliphatic carbocycles. The van der Waals surface area contributed by atoms with Gasteiger partial charge in [-0.05, 0) is 24.8 Å². The Morgan fingerprint density at radius 2 is 1.91 bits per heavy atom. The zero-order valence-corrected chi connectivity index (χ0v) is 14.0. The molecule has 0 radical (unpaired) electrons. The Bertz CT molecular complexity index is 652. The van der Waals surface area contributed by atoms with Crippen molar-refractivity contribution in [3.8, 4) is 0 Å². The van der Waals surface area contributed by atoms with E-state index in [0.717, 1.165) is 12.0 Å². The number of amides is 1. The van der Waals surface area contributed by atoms with Gasteiger partial charge in [0.2, 0.25) is 10.0 Å². The van der Waals surface area contributed by atoms with Gasteiger partial charge in [0.05, 0.1) is 12.4 Å². The van der Waals surface area contributed by atoms with E-state index in [4.69, 9.17) is 4.74 Å². The van der Waals surface area contributed by atoms with Crippen molar-refractivity contribution in [2.24, 2.45) is 0 Å². The average Bonchev–Trinajstić information content (AvgIpc) is 2.42. The number of methoxy groups -OCH3 is 1. The van der Waals surface area contributed by atoms with Crippen LogP contribution in [0.2, 0.25) is 0 Å². The van der Waals surface area contributed by atoms with Crippen molar-refractivity contribution in [1.82, 2.24) is 9.21 Å². The van der Waals surface area contributed by atoms with Gasteiger partial charge in [0.1, 0.15) is 0 Å². The van der Waals surface area contributed by atoms with Crippen LogP contribution in [0.15, 0.2) is 30.3 Å². The smallest absolute Gasteiger partial charge is 0.410 e. The monoisotopic (exact) mass is 338 g/mol. The molecule has 1 aromatic carbocycles. The Labute approximate surface area is 137 Å². The van der Waals surface area contributed by atoms with Crippen molar-refractivity contribution in [3.63, 3.8) is 0 Å². The maximum Gasteiger partial charge on any atom is 0.410 e. The first kappa shape index (κ1) is 16.3. The minimum atomic E-state index is -3.18. The molecule has 2 fully saturated rings. The number of benzene rings is 1. The van der Waals surface area contributed by atoms with Crippen molar-refractivity contribution in [2.45, 2.75) is 37.1 Å². The van der Waals surface area contributed by atoms with Gasteiger partial charge >= 0.3 is 6.09 Å². The number of carbonyl (C=O) groups is 1. The summed E-state index contributed by atoms with van der Waals surface area (Å²) in [6.45, 7) is 1.71. The van der Waals surface area contributed by atoms with Crippen LogP contribution < -0.4 is 0 Å². The summed E-state index contributed by atoms with van der Waals surface area (Å²) in [6.07, 6.45) is 1.51. The predicted molar refractivity (Wildman–Crippen MR) is 86.3 cm³/mol. The third-order valence-electron chi connectivity index (χ3n) is 4.71. The summed E-state index contributed by atoms with van der Waals surface area (Å²) in [5.74, 6) is 0. The molecule has 0 atom stereocenters. The maximum atomic E-state index is 12.4. The van der Waals surface area contributed by atoms with Crippen molar-refractivity contribution in [2.75, 3.05) is 20.2 Å². The Balaban J connectivity index is 1.65. The molecule has 6 nitrogen and oxygen atoms in total. The second-order valence-corrected chi connectivity index (χ2v) is 8.34. The van der Waals surface area contributed by atoms with Crippen LogP contribution in [0.25, 0.3) is 0 Å². The lowest BCUT2D eigenvalue weighted by Crippen LogP contribution is -2.56. The standard InChI is InChI=1S/C16H22N2O4S/c1-22-16(19)18(12-13-6-3-2-4-7-13)14-10-15(11-14)23(20,21)17-8-5-9-17/h2-4,6-7,14-15H,5,8-12H2,1H3. The molecular formula is C16H22N2O4S. The molecular weight excluding hydrogens is 316 g/mol. The Kier molecular flexibility index (Phi) is 4.59. The van der Waals surface area contributed by atoms with Gasteiger partial charge in [-0.3, -0.25) is 0 Å². The number of rotatable bonds is 5. The zero-order valence-electron chi connectivity index (χ0n) is 13.2. The van der Waals surface area contributed by atoms with Crippen LogP contribution in [-0.2, 0) is 21.3 Å². The molecule has 7 heteroatoms. The lowest BCUT2D eigenvalue weighted by Gasteiger charge is -2.44. The molecule has 1 heterocycles. The SMILES string of the molecule is COC(=O)N(Cc1ccccc1)C1CC(S(=O)(=O)N2CCC2)C1. The lowest BCUT2D eigenvalue weighted by atomic mass is 9.90. The third-order valence-corrected chi connectivity index (χ3v) is 7.02. The first-order valence-electron chi connectivity index (χ1n) is 7.90. The normalized spacial score (nSPS) is 24.4. The number of ether oxygens (including phenoxy) is 1. The molecule has 0 bridgehead atoms. The van der Waals surface area contributed by atoms with Crippen molar-refractivity contribution >= 4 is 16.1 Å². The van der Waals surface area contributed by atoms with Crippen LogP contribution in [0.3, 0.4) is 0 Å². The van der Waals surface area contributed by atoms with Gasteiger partial charge in [-0.1, -0.05) is 30.3 Å². The summed E-state index contributed by atoms with van der Waals surface area (Å²) >= 11 is 0. The molecule has 3 rings (SSSR count). The minimum Gasteiger partial charge on any atom is -0.453 e. The first-order valence-corrected chi connectivity index (χ1v) is 9.40. The summed E-state index contributed by atoms with van der Waals surface area (Å²) in [5.41, 5.74) is 1.01. The molecule has 0 aromatic heterocycles. The summed E-state index contributed by atoms with van der Waals surface area (Å²) in [5, 5.41) is -0.365. The third kappa shape index (κ3) is 3.21. The molecule has 1 saturated heterocycles. The second-order valence-electron chi connectivity index (χ2n) is 6.13. The van der Waals surface area contributed by atoms with Crippen LogP contribution in [-0.4, -0.2) is 55.2 Å². The largest absolute Gasteiger partial charge is 0.453 e. The maximum absolute atomic E-state index is 12.4. The summed E-state index contributed by atoms with van der Waals surface area (Å²) in [4.78, 5) is 13.7.